The van der Waals surface area contributed by atoms with Crippen molar-refractivity contribution in [2.24, 2.45) is 0 Å². The number of imidazole rings is 1. The Kier molecular flexibility index (Phi) is 3.34. The number of aromatic nitrogens is 5. The van der Waals surface area contributed by atoms with Crippen LogP contribution in [0.15, 0.2) is 104 Å². The first kappa shape index (κ1) is 17.7. The van der Waals surface area contributed by atoms with Gasteiger partial charge in [-0.1, -0.05) is 36.4 Å². The molecular formula is C29H17N5. The molecule has 0 fully saturated rings. The van der Waals surface area contributed by atoms with Crippen molar-refractivity contribution in [3.63, 3.8) is 0 Å². The molecule has 0 bridgehead atoms. The van der Waals surface area contributed by atoms with Crippen LogP contribution in [0.1, 0.15) is 0 Å². The van der Waals surface area contributed by atoms with Crippen LogP contribution in [-0.2, 0) is 0 Å². The zero-order valence-electron chi connectivity index (χ0n) is 18.1. The van der Waals surface area contributed by atoms with Gasteiger partial charge in [0, 0.05) is 45.8 Å². The summed E-state index contributed by atoms with van der Waals surface area (Å²) >= 11 is 0. The molecule has 0 aliphatic heterocycles. The molecule has 8 rings (SSSR count). The summed E-state index contributed by atoms with van der Waals surface area (Å²) in [5.74, 6) is 0. The molecule has 0 spiro atoms. The molecule has 5 aromatic heterocycles. The summed E-state index contributed by atoms with van der Waals surface area (Å²) in [6, 6.07) is 27.9. The molecule has 0 atom stereocenters. The van der Waals surface area contributed by atoms with Gasteiger partial charge in [-0.2, -0.15) is 0 Å². The summed E-state index contributed by atoms with van der Waals surface area (Å²) < 4.78 is 4.58. The second kappa shape index (κ2) is 6.39. The number of para-hydroxylation sites is 2. The van der Waals surface area contributed by atoms with Crippen LogP contribution in [0.4, 0.5) is 0 Å². The summed E-state index contributed by atoms with van der Waals surface area (Å²) in [4.78, 5) is 13.8. The fourth-order valence-electron chi connectivity index (χ4n) is 5.42. The molecule has 0 amide bonds. The Hall–Kier alpha value is -4.77. The van der Waals surface area contributed by atoms with Gasteiger partial charge in [0.15, 0.2) is 0 Å². The van der Waals surface area contributed by atoms with E-state index in [1.165, 1.54) is 21.8 Å². The number of hydrogen-bond donors (Lipinski definition) is 0. The Labute approximate surface area is 193 Å². The molecule has 0 unspecified atom stereocenters. The largest absolute Gasteiger partial charge is 0.309 e. The molecule has 5 nitrogen and oxygen atoms in total. The Morgan fingerprint density at radius 3 is 2.24 bits per heavy atom. The van der Waals surface area contributed by atoms with Crippen LogP contribution in [0.3, 0.4) is 0 Å². The van der Waals surface area contributed by atoms with Gasteiger partial charge in [-0.25, -0.2) is 4.98 Å². The van der Waals surface area contributed by atoms with Crippen molar-refractivity contribution >= 4 is 60.2 Å². The van der Waals surface area contributed by atoms with E-state index in [0.717, 1.165) is 44.0 Å². The number of nitrogens with zero attached hydrogens (tertiary/aromatic N) is 5. The Balaban J connectivity index is 1.67. The zero-order valence-corrected chi connectivity index (χ0v) is 18.1. The monoisotopic (exact) mass is 435 g/mol. The molecule has 0 N–H and O–H groups in total. The predicted octanol–water partition coefficient (Wildman–Crippen LogP) is 6.68. The molecule has 3 aromatic carbocycles. The summed E-state index contributed by atoms with van der Waals surface area (Å²) in [5.41, 5.74) is 7.48. The lowest BCUT2D eigenvalue weighted by Crippen LogP contribution is -1.95. The average Bonchev–Trinajstić information content (AvgIpc) is 3.44. The lowest BCUT2D eigenvalue weighted by Gasteiger charge is -2.11. The van der Waals surface area contributed by atoms with Crippen molar-refractivity contribution in [3.05, 3.63) is 104 Å². The van der Waals surface area contributed by atoms with Gasteiger partial charge < -0.3 is 4.57 Å². The lowest BCUT2D eigenvalue weighted by molar-refractivity contribution is 1.18. The van der Waals surface area contributed by atoms with E-state index < -0.39 is 0 Å². The Bertz CT molecular complexity index is 2070. The van der Waals surface area contributed by atoms with Crippen LogP contribution in [0.25, 0.3) is 65.8 Å². The normalized spacial score (nSPS) is 12.1. The van der Waals surface area contributed by atoms with Crippen LogP contribution in [0.2, 0.25) is 0 Å². The van der Waals surface area contributed by atoms with Gasteiger partial charge in [0.05, 0.1) is 28.3 Å². The molecule has 5 heteroatoms. The van der Waals surface area contributed by atoms with Crippen LogP contribution in [-0.4, -0.2) is 23.9 Å². The summed E-state index contributed by atoms with van der Waals surface area (Å²) in [6.45, 7) is 0. The highest BCUT2D eigenvalue weighted by molar-refractivity contribution is 6.21. The third-order valence-corrected chi connectivity index (χ3v) is 6.85. The van der Waals surface area contributed by atoms with Crippen molar-refractivity contribution < 1.29 is 0 Å². The van der Waals surface area contributed by atoms with E-state index in [0.29, 0.717) is 0 Å². The molecule has 0 radical (unpaired) electrons. The smallest absolute Gasteiger partial charge is 0.146 e. The minimum Gasteiger partial charge on any atom is -0.309 e. The second-order valence-corrected chi connectivity index (χ2v) is 8.63. The van der Waals surface area contributed by atoms with Crippen LogP contribution in [0.5, 0.6) is 0 Å². The maximum absolute atomic E-state index is 5.02. The third kappa shape index (κ3) is 2.20. The molecule has 0 saturated carbocycles. The van der Waals surface area contributed by atoms with Crippen LogP contribution < -0.4 is 0 Å². The number of pyridine rings is 3. The Morgan fingerprint density at radius 1 is 0.529 bits per heavy atom. The Morgan fingerprint density at radius 2 is 1.32 bits per heavy atom. The van der Waals surface area contributed by atoms with Crippen molar-refractivity contribution in [1.82, 2.24) is 23.9 Å². The summed E-state index contributed by atoms with van der Waals surface area (Å²) in [5, 5.41) is 5.80. The van der Waals surface area contributed by atoms with Gasteiger partial charge in [-0.15, -0.1) is 0 Å². The number of hydrogen-bond acceptors (Lipinski definition) is 3. The van der Waals surface area contributed by atoms with E-state index in [4.69, 9.17) is 4.98 Å². The zero-order chi connectivity index (χ0) is 22.2. The quantitative estimate of drug-likeness (QED) is 0.270. The van der Waals surface area contributed by atoms with E-state index in [9.17, 15) is 0 Å². The van der Waals surface area contributed by atoms with Crippen LogP contribution >= 0.6 is 0 Å². The fraction of sp³-hybridized carbons (Fsp3) is 0. The van der Waals surface area contributed by atoms with Gasteiger partial charge in [-0.05, 0) is 47.9 Å². The number of fused-ring (bicyclic) bond motifs is 11. The molecule has 0 saturated heterocycles. The highest BCUT2D eigenvalue weighted by atomic mass is 15.0. The lowest BCUT2D eigenvalue weighted by atomic mass is 10.0. The van der Waals surface area contributed by atoms with Gasteiger partial charge in [-0.3, -0.25) is 14.4 Å². The number of benzene rings is 3. The van der Waals surface area contributed by atoms with E-state index in [2.05, 4.69) is 91.7 Å². The maximum atomic E-state index is 5.02. The van der Waals surface area contributed by atoms with E-state index >= 15 is 0 Å². The van der Waals surface area contributed by atoms with Gasteiger partial charge >= 0.3 is 0 Å². The highest BCUT2D eigenvalue weighted by Crippen LogP contribution is 2.38. The minimum atomic E-state index is 0.889. The van der Waals surface area contributed by atoms with Crippen molar-refractivity contribution in [1.29, 1.82) is 0 Å². The minimum absolute atomic E-state index is 0.889. The van der Waals surface area contributed by atoms with Crippen molar-refractivity contribution in [3.8, 4) is 5.69 Å². The van der Waals surface area contributed by atoms with Crippen LogP contribution in [0, 0.1) is 0 Å². The molecule has 34 heavy (non-hydrogen) atoms. The molecule has 8 aromatic rings. The van der Waals surface area contributed by atoms with E-state index in [1.54, 1.807) is 0 Å². The summed E-state index contributed by atoms with van der Waals surface area (Å²) in [7, 11) is 0. The van der Waals surface area contributed by atoms with Gasteiger partial charge in [0.1, 0.15) is 11.2 Å². The fourth-order valence-corrected chi connectivity index (χ4v) is 5.42. The SMILES string of the molecule is c1ccc(-n2c3ccccc3c3cc4c(cc32)c2cnccc2n2c3ccncc3nc42)cc1. The first-order valence-electron chi connectivity index (χ1n) is 11.3. The molecule has 0 aliphatic carbocycles. The van der Waals surface area contributed by atoms with E-state index in [-0.39, 0.29) is 0 Å². The highest BCUT2D eigenvalue weighted by Gasteiger charge is 2.18. The number of rotatable bonds is 1. The second-order valence-electron chi connectivity index (χ2n) is 8.63. The maximum Gasteiger partial charge on any atom is 0.146 e. The van der Waals surface area contributed by atoms with E-state index in [1.807, 2.05) is 30.9 Å². The van der Waals surface area contributed by atoms with Gasteiger partial charge in [0.2, 0.25) is 0 Å². The standard InChI is InChI=1S/C29H17N5/c1-2-6-18(7-3-1)33-25-9-5-4-8-19(25)21-14-22-20(15-28(21)33)23-16-30-12-10-26(23)34-27-11-13-31-17-24(27)32-29(22)34/h1-17H. The summed E-state index contributed by atoms with van der Waals surface area (Å²) in [6.07, 6.45) is 7.47. The topological polar surface area (TPSA) is 48.0 Å². The molecule has 158 valence electrons. The van der Waals surface area contributed by atoms with Gasteiger partial charge in [0.25, 0.3) is 0 Å². The first-order chi connectivity index (χ1) is 16.9. The molecular weight excluding hydrogens is 418 g/mol. The average molecular weight is 435 g/mol. The predicted molar refractivity (Wildman–Crippen MR) is 138 cm³/mol. The molecule has 0 aliphatic rings. The molecule has 5 heterocycles. The van der Waals surface area contributed by atoms with Crippen molar-refractivity contribution in [2.75, 3.05) is 0 Å². The first-order valence-corrected chi connectivity index (χ1v) is 11.3. The third-order valence-electron chi connectivity index (χ3n) is 6.85. The van der Waals surface area contributed by atoms with Crippen molar-refractivity contribution in [2.45, 2.75) is 0 Å².